The molecule has 29 heavy (non-hydrogen) atoms. The van der Waals surface area contributed by atoms with Crippen LogP contribution < -0.4 is 10.1 Å². The van der Waals surface area contributed by atoms with E-state index in [1.165, 1.54) is 7.11 Å². The zero-order chi connectivity index (χ0) is 21.1. The number of benzene rings is 2. The SMILES string of the molecule is CO[C@H](CCO)[C@H](OC(=O)Nc1ccc(SC)cc1)c1ccc(OCCO)cc1. The molecule has 0 fully saturated rings. The highest BCUT2D eigenvalue weighted by Crippen LogP contribution is 2.28. The average molecular weight is 422 g/mol. The quantitative estimate of drug-likeness (QED) is 0.478. The van der Waals surface area contributed by atoms with Crippen molar-refractivity contribution in [1.82, 2.24) is 0 Å². The normalized spacial score (nSPS) is 12.8. The van der Waals surface area contributed by atoms with Gasteiger partial charge in [-0.25, -0.2) is 4.79 Å². The van der Waals surface area contributed by atoms with Gasteiger partial charge < -0.3 is 24.4 Å². The molecule has 3 N–H and O–H groups in total. The summed E-state index contributed by atoms with van der Waals surface area (Å²) in [5, 5.41) is 20.9. The standard InChI is InChI=1S/C21H27NO6S/c1-26-19(11-12-23)20(15-3-7-17(8-4-15)27-14-13-24)28-21(25)22-16-5-9-18(29-2)10-6-16/h3-10,19-20,23-24H,11-14H2,1-2H3,(H,22,25)/t19-,20-/m1/s1. The molecule has 0 radical (unpaired) electrons. The minimum Gasteiger partial charge on any atom is -0.491 e. The Bertz CT molecular complexity index is 738. The van der Waals surface area contributed by atoms with Gasteiger partial charge in [0.05, 0.1) is 6.61 Å². The number of carbonyl (C=O) groups is 1. The van der Waals surface area contributed by atoms with E-state index in [1.54, 1.807) is 48.2 Å². The van der Waals surface area contributed by atoms with E-state index in [-0.39, 0.29) is 19.8 Å². The van der Waals surface area contributed by atoms with Crippen molar-refractivity contribution < 1.29 is 29.2 Å². The van der Waals surface area contributed by atoms with Gasteiger partial charge in [0.1, 0.15) is 18.5 Å². The molecule has 0 aliphatic carbocycles. The summed E-state index contributed by atoms with van der Waals surface area (Å²) in [5.74, 6) is 0.594. The molecule has 7 nitrogen and oxygen atoms in total. The molecule has 0 unspecified atom stereocenters. The number of thioether (sulfide) groups is 1. The predicted octanol–water partition coefficient (Wildman–Crippen LogP) is 3.47. The number of hydrogen-bond acceptors (Lipinski definition) is 7. The summed E-state index contributed by atoms with van der Waals surface area (Å²) < 4.78 is 16.5. The Kier molecular flexibility index (Phi) is 9.79. The van der Waals surface area contributed by atoms with Gasteiger partial charge in [-0.3, -0.25) is 5.32 Å². The first-order valence-electron chi connectivity index (χ1n) is 9.20. The first-order chi connectivity index (χ1) is 14.1. The monoisotopic (exact) mass is 421 g/mol. The molecular weight excluding hydrogens is 394 g/mol. The van der Waals surface area contributed by atoms with Gasteiger partial charge in [-0.15, -0.1) is 11.8 Å². The number of methoxy groups -OCH3 is 1. The van der Waals surface area contributed by atoms with Crippen LogP contribution in [-0.2, 0) is 9.47 Å². The number of nitrogens with one attached hydrogen (secondary N) is 1. The van der Waals surface area contributed by atoms with Gasteiger partial charge in [0.2, 0.25) is 0 Å². The average Bonchev–Trinajstić information content (AvgIpc) is 2.75. The lowest BCUT2D eigenvalue weighted by atomic mass is 10.0. The molecule has 0 aliphatic heterocycles. The van der Waals surface area contributed by atoms with Gasteiger partial charge in [-0.05, 0) is 48.2 Å². The summed E-state index contributed by atoms with van der Waals surface area (Å²) in [4.78, 5) is 13.6. The van der Waals surface area contributed by atoms with Crippen molar-refractivity contribution in [3.05, 3.63) is 54.1 Å². The maximum Gasteiger partial charge on any atom is 0.412 e. The smallest absolute Gasteiger partial charge is 0.412 e. The van der Waals surface area contributed by atoms with E-state index < -0.39 is 18.3 Å². The van der Waals surface area contributed by atoms with E-state index in [4.69, 9.17) is 19.3 Å². The number of hydrogen-bond donors (Lipinski definition) is 3. The maximum atomic E-state index is 12.5. The second kappa shape index (κ2) is 12.3. The topological polar surface area (TPSA) is 97.2 Å². The van der Waals surface area contributed by atoms with Crippen molar-refractivity contribution in [3.8, 4) is 5.75 Å². The number of aliphatic hydroxyl groups excluding tert-OH is 2. The molecule has 2 aromatic rings. The van der Waals surface area contributed by atoms with E-state index in [0.29, 0.717) is 23.4 Å². The maximum absolute atomic E-state index is 12.5. The molecule has 158 valence electrons. The van der Waals surface area contributed by atoms with Crippen LogP contribution >= 0.6 is 11.8 Å². The van der Waals surface area contributed by atoms with Crippen LogP contribution in [0.1, 0.15) is 18.1 Å². The van der Waals surface area contributed by atoms with Crippen molar-refractivity contribution in [3.63, 3.8) is 0 Å². The van der Waals surface area contributed by atoms with Gasteiger partial charge in [0.15, 0.2) is 6.10 Å². The first-order valence-corrected chi connectivity index (χ1v) is 10.4. The van der Waals surface area contributed by atoms with Crippen LogP contribution in [0.3, 0.4) is 0 Å². The number of rotatable bonds is 11. The van der Waals surface area contributed by atoms with Crippen LogP contribution in [0.15, 0.2) is 53.4 Å². The second-order valence-electron chi connectivity index (χ2n) is 6.11. The first kappa shape index (κ1) is 23.0. The van der Waals surface area contributed by atoms with Gasteiger partial charge in [-0.2, -0.15) is 0 Å². The summed E-state index contributed by atoms with van der Waals surface area (Å²) in [5.41, 5.74) is 1.32. The van der Waals surface area contributed by atoms with Crippen molar-refractivity contribution in [2.75, 3.05) is 38.5 Å². The molecule has 8 heteroatoms. The van der Waals surface area contributed by atoms with E-state index >= 15 is 0 Å². The van der Waals surface area contributed by atoms with E-state index in [2.05, 4.69) is 5.32 Å². The fraction of sp³-hybridized carbons (Fsp3) is 0.381. The summed E-state index contributed by atoms with van der Waals surface area (Å²) in [7, 11) is 1.51. The molecule has 0 aliphatic rings. The second-order valence-corrected chi connectivity index (χ2v) is 6.99. The molecular formula is C21H27NO6S. The predicted molar refractivity (Wildman–Crippen MR) is 113 cm³/mol. The van der Waals surface area contributed by atoms with Crippen molar-refractivity contribution >= 4 is 23.5 Å². The Morgan fingerprint density at radius 1 is 1.07 bits per heavy atom. The third kappa shape index (κ3) is 7.25. The fourth-order valence-corrected chi connectivity index (χ4v) is 3.14. The molecule has 2 atom stereocenters. The van der Waals surface area contributed by atoms with Gasteiger partial charge >= 0.3 is 6.09 Å². The van der Waals surface area contributed by atoms with E-state index in [0.717, 1.165) is 4.90 Å². The highest BCUT2D eigenvalue weighted by atomic mass is 32.2. The van der Waals surface area contributed by atoms with Crippen LogP contribution in [0.4, 0.5) is 10.5 Å². The third-order valence-corrected chi connectivity index (χ3v) is 4.94. The zero-order valence-electron chi connectivity index (χ0n) is 16.5. The van der Waals surface area contributed by atoms with Crippen LogP contribution in [0.2, 0.25) is 0 Å². The molecule has 0 saturated heterocycles. The molecule has 2 aromatic carbocycles. The largest absolute Gasteiger partial charge is 0.491 e. The van der Waals surface area contributed by atoms with Crippen molar-refractivity contribution in [2.24, 2.45) is 0 Å². The molecule has 0 spiro atoms. The van der Waals surface area contributed by atoms with Gasteiger partial charge in [-0.1, -0.05) is 12.1 Å². The lowest BCUT2D eigenvalue weighted by molar-refractivity contribution is -0.0306. The molecule has 0 bridgehead atoms. The molecule has 0 saturated carbocycles. The molecule has 1 amide bonds. The number of amides is 1. The fourth-order valence-electron chi connectivity index (χ4n) is 2.73. The van der Waals surface area contributed by atoms with E-state index in [9.17, 15) is 9.90 Å². The number of aliphatic hydroxyl groups is 2. The summed E-state index contributed by atoms with van der Waals surface area (Å²) >= 11 is 1.61. The van der Waals surface area contributed by atoms with Gasteiger partial charge in [0, 0.05) is 30.7 Å². The highest BCUT2D eigenvalue weighted by Gasteiger charge is 2.27. The molecule has 0 heterocycles. The minimum absolute atomic E-state index is 0.0756. The minimum atomic E-state index is -0.718. The number of ether oxygens (including phenoxy) is 3. The van der Waals surface area contributed by atoms with Crippen LogP contribution in [0.25, 0.3) is 0 Å². The summed E-state index contributed by atoms with van der Waals surface area (Å²) in [6.45, 7) is 0.0177. The highest BCUT2D eigenvalue weighted by molar-refractivity contribution is 7.98. The van der Waals surface area contributed by atoms with Crippen LogP contribution in [0.5, 0.6) is 5.75 Å². The summed E-state index contributed by atoms with van der Waals surface area (Å²) in [6, 6.07) is 14.4. The van der Waals surface area contributed by atoms with Crippen molar-refractivity contribution in [2.45, 2.75) is 23.5 Å². The molecule has 0 aromatic heterocycles. The van der Waals surface area contributed by atoms with E-state index in [1.807, 2.05) is 18.4 Å². The van der Waals surface area contributed by atoms with Crippen LogP contribution in [-0.4, -0.2) is 55.6 Å². The lowest BCUT2D eigenvalue weighted by Gasteiger charge is -2.26. The van der Waals surface area contributed by atoms with Gasteiger partial charge in [0.25, 0.3) is 0 Å². The number of carbonyl (C=O) groups excluding carboxylic acids is 1. The third-order valence-electron chi connectivity index (χ3n) is 4.19. The molecule has 2 rings (SSSR count). The van der Waals surface area contributed by atoms with Crippen LogP contribution in [0, 0.1) is 0 Å². The summed E-state index contributed by atoms with van der Waals surface area (Å²) in [6.07, 6.45) is 0.429. The zero-order valence-corrected chi connectivity index (χ0v) is 17.4. The Morgan fingerprint density at radius 2 is 1.76 bits per heavy atom. The Labute approximate surface area is 175 Å². The Hall–Kier alpha value is -2.26. The Morgan fingerprint density at radius 3 is 2.31 bits per heavy atom. The Balaban J connectivity index is 2.13. The lowest BCUT2D eigenvalue weighted by Crippen LogP contribution is -2.28. The van der Waals surface area contributed by atoms with Crippen molar-refractivity contribution in [1.29, 1.82) is 0 Å². The number of anilines is 1.